The molecular weight excluding hydrogens is 473 g/mol. The fourth-order valence-corrected chi connectivity index (χ4v) is 5.21. The molecule has 1 aromatic carbocycles. The van der Waals surface area contributed by atoms with Crippen LogP contribution in [0.4, 0.5) is 24.8 Å². The number of amides is 1. The Kier molecular flexibility index (Phi) is 5.14. The summed E-state index contributed by atoms with van der Waals surface area (Å²) in [6.45, 7) is 1.01. The third-order valence-electron chi connectivity index (χ3n) is 6.89. The Morgan fingerprint density at radius 3 is 2.61 bits per heavy atom. The summed E-state index contributed by atoms with van der Waals surface area (Å²) in [6, 6.07) is 8.90. The molecule has 2 aliphatic rings. The topological polar surface area (TPSA) is 124 Å². The second kappa shape index (κ2) is 8.26. The van der Waals surface area contributed by atoms with E-state index in [1.54, 1.807) is 12.1 Å². The van der Waals surface area contributed by atoms with E-state index >= 15 is 0 Å². The fourth-order valence-electron chi connectivity index (χ4n) is 5.21. The van der Waals surface area contributed by atoms with Crippen molar-refractivity contribution < 1.29 is 18.0 Å². The monoisotopic (exact) mass is 494 g/mol. The average molecular weight is 494 g/mol. The lowest BCUT2D eigenvalue weighted by Crippen LogP contribution is -2.35. The van der Waals surface area contributed by atoms with Crippen LogP contribution in [0.1, 0.15) is 34.8 Å². The lowest BCUT2D eigenvalue weighted by atomic mass is 10.1. The van der Waals surface area contributed by atoms with Crippen molar-refractivity contribution in [3.05, 3.63) is 60.0 Å². The fraction of sp³-hybridized carbons (Fsp3) is 0.292. The van der Waals surface area contributed by atoms with Gasteiger partial charge in [-0.2, -0.15) is 18.3 Å². The van der Waals surface area contributed by atoms with Gasteiger partial charge in [0.15, 0.2) is 5.65 Å². The van der Waals surface area contributed by atoms with Crippen LogP contribution in [0.3, 0.4) is 0 Å². The number of aromatic nitrogens is 5. The predicted octanol–water partition coefficient (Wildman–Crippen LogP) is 3.66. The molecule has 3 atom stereocenters. The highest BCUT2D eigenvalue weighted by Crippen LogP contribution is 2.42. The van der Waals surface area contributed by atoms with Crippen LogP contribution < -0.4 is 16.4 Å². The van der Waals surface area contributed by atoms with E-state index in [-0.39, 0.29) is 11.6 Å². The maximum absolute atomic E-state index is 13.2. The zero-order valence-corrected chi connectivity index (χ0v) is 18.8. The number of carbonyl (C=O) groups excluding carboxylic acids is 1. The molecule has 1 aliphatic heterocycles. The van der Waals surface area contributed by atoms with Crippen molar-refractivity contribution in [2.75, 3.05) is 17.6 Å². The number of piperidine rings is 1. The molecule has 3 aromatic heterocycles. The SMILES string of the molecule is Nc1ncnc2c1c(-c1ccc(C(=O)Nc3ncccc3C(F)(F)F)cc1)nn2C1C[C@@H]2CNC1C2. The summed E-state index contributed by atoms with van der Waals surface area (Å²) >= 11 is 0. The number of anilines is 2. The first-order chi connectivity index (χ1) is 17.3. The number of nitrogen functional groups attached to an aromatic ring is 1. The molecule has 1 saturated carbocycles. The van der Waals surface area contributed by atoms with E-state index in [1.165, 1.54) is 30.7 Å². The normalized spacial score (nSPS) is 21.2. The molecular formula is C24H21F3N8O. The van der Waals surface area contributed by atoms with Crippen molar-refractivity contribution in [1.82, 2.24) is 30.0 Å². The molecule has 36 heavy (non-hydrogen) atoms. The Balaban J connectivity index is 1.32. The highest BCUT2D eigenvalue weighted by molar-refractivity contribution is 6.05. The molecule has 9 nitrogen and oxygen atoms in total. The number of hydrogen-bond donors (Lipinski definition) is 3. The van der Waals surface area contributed by atoms with E-state index in [9.17, 15) is 18.0 Å². The van der Waals surface area contributed by atoms with Crippen LogP contribution in [0.25, 0.3) is 22.3 Å². The smallest absolute Gasteiger partial charge is 0.383 e. The summed E-state index contributed by atoms with van der Waals surface area (Å²) in [5.74, 6) is -0.351. The molecule has 1 aliphatic carbocycles. The van der Waals surface area contributed by atoms with E-state index in [2.05, 4.69) is 25.6 Å². The maximum Gasteiger partial charge on any atom is 0.419 e. The number of hydrogen-bond acceptors (Lipinski definition) is 7. The molecule has 4 N–H and O–H groups in total. The molecule has 184 valence electrons. The Morgan fingerprint density at radius 2 is 1.92 bits per heavy atom. The van der Waals surface area contributed by atoms with Gasteiger partial charge in [0, 0.05) is 23.4 Å². The second-order valence-electron chi connectivity index (χ2n) is 9.10. The van der Waals surface area contributed by atoms with Gasteiger partial charge in [-0.15, -0.1) is 0 Å². The van der Waals surface area contributed by atoms with Gasteiger partial charge in [0.05, 0.1) is 17.0 Å². The number of rotatable bonds is 4. The summed E-state index contributed by atoms with van der Waals surface area (Å²) in [6.07, 6.45) is 0.0629. The van der Waals surface area contributed by atoms with Crippen LogP contribution in [0.15, 0.2) is 48.9 Å². The zero-order chi connectivity index (χ0) is 25.0. The van der Waals surface area contributed by atoms with Gasteiger partial charge >= 0.3 is 6.18 Å². The van der Waals surface area contributed by atoms with Crippen molar-refractivity contribution in [2.24, 2.45) is 5.92 Å². The number of halogens is 3. The van der Waals surface area contributed by atoms with Crippen LogP contribution in [0.2, 0.25) is 0 Å². The number of fused-ring (bicyclic) bond motifs is 3. The molecule has 4 heterocycles. The minimum atomic E-state index is -4.64. The third-order valence-corrected chi connectivity index (χ3v) is 6.89. The van der Waals surface area contributed by atoms with E-state index < -0.39 is 23.5 Å². The highest BCUT2D eigenvalue weighted by atomic mass is 19.4. The summed E-state index contributed by atoms with van der Waals surface area (Å²) < 4.78 is 41.6. The molecule has 2 unspecified atom stereocenters. The summed E-state index contributed by atoms with van der Waals surface area (Å²) in [7, 11) is 0. The first-order valence-electron chi connectivity index (χ1n) is 11.5. The van der Waals surface area contributed by atoms with Gasteiger partial charge in [-0.25, -0.2) is 19.6 Å². The highest BCUT2D eigenvalue weighted by Gasteiger charge is 2.42. The Labute approximate surface area is 202 Å². The maximum atomic E-state index is 13.2. The third kappa shape index (κ3) is 3.73. The van der Waals surface area contributed by atoms with Gasteiger partial charge in [-0.3, -0.25) is 4.79 Å². The quantitative estimate of drug-likeness (QED) is 0.396. The average Bonchev–Trinajstić information content (AvgIpc) is 3.59. The number of benzene rings is 1. The van der Waals surface area contributed by atoms with Gasteiger partial charge in [-0.05, 0) is 49.6 Å². The van der Waals surface area contributed by atoms with Crippen molar-refractivity contribution >= 4 is 28.6 Å². The summed E-state index contributed by atoms with van der Waals surface area (Å²) in [4.78, 5) is 24.9. The molecule has 2 fully saturated rings. The van der Waals surface area contributed by atoms with Crippen LogP contribution in [-0.4, -0.2) is 43.2 Å². The van der Waals surface area contributed by atoms with Crippen molar-refractivity contribution in [2.45, 2.75) is 31.1 Å². The number of carbonyl (C=O) groups is 1. The Morgan fingerprint density at radius 1 is 1.11 bits per heavy atom. The molecule has 2 bridgehead atoms. The van der Waals surface area contributed by atoms with Gasteiger partial charge < -0.3 is 16.4 Å². The minimum Gasteiger partial charge on any atom is -0.383 e. The largest absolute Gasteiger partial charge is 0.419 e. The van der Waals surface area contributed by atoms with Crippen molar-refractivity contribution in [3.8, 4) is 11.3 Å². The lowest BCUT2D eigenvalue weighted by Gasteiger charge is -2.23. The summed E-state index contributed by atoms with van der Waals surface area (Å²) in [5, 5.41) is 11.3. The predicted molar refractivity (Wildman–Crippen MR) is 126 cm³/mol. The minimum absolute atomic E-state index is 0.153. The Bertz CT molecular complexity index is 1470. The number of nitrogens with one attached hydrogen (secondary N) is 2. The molecule has 1 saturated heterocycles. The number of alkyl halides is 3. The van der Waals surface area contributed by atoms with Crippen LogP contribution in [-0.2, 0) is 6.18 Å². The van der Waals surface area contributed by atoms with E-state index in [1.807, 2.05) is 4.68 Å². The standard InChI is InChI=1S/C24H21F3N8O/c25-24(26,27)15-2-1-7-29-21(15)33-23(36)14-5-3-13(4-6-14)19-18-20(28)31-11-32-22(18)35(34-19)17-9-12-8-16(17)30-10-12/h1-7,11-12,16-17,30H,8-10H2,(H2,28,31,32)(H,29,33,36)/t12-,16?,17?/m1/s1. The van der Waals surface area contributed by atoms with Crippen molar-refractivity contribution in [3.63, 3.8) is 0 Å². The van der Waals surface area contributed by atoms with E-state index in [4.69, 9.17) is 10.8 Å². The number of nitrogens with zero attached hydrogens (tertiary/aromatic N) is 5. The first-order valence-corrected chi connectivity index (χ1v) is 11.5. The van der Waals surface area contributed by atoms with Gasteiger partial charge in [0.25, 0.3) is 5.91 Å². The van der Waals surface area contributed by atoms with Gasteiger partial charge in [0.2, 0.25) is 0 Å². The van der Waals surface area contributed by atoms with Crippen LogP contribution in [0.5, 0.6) is 0 Å². The Hall–Kier alpha value is -4.06. The molecule has 12 heteroatoms. The molecule has 0 radical (unpaired) electrons. The first kappa shape index (κ1) is 22.4. The van der Waals surface area contributed by atoms with E-state index in [0.717, 1.165) is 25.5 Å². The molecule has 1 amide bonds. The van der Waals surface area contributed by atoms with Gasteiger partial charge in [0.1, 0.15) is 23.7 Å². The number of pyridine rings is 1. The van der Waals surface area contributed by atoms with Gasteiger partial charge in [-0.1, -0.05) is 12.1 Å². The van der Waals surface area contributed by atoms with Crippen LogP contribution in [0, 0.1) is 5.92 Å². The van der Waals surface area contributed by atoms with Crippen LogP contribution >= 0.6 is 0 Å². The summed E-state index contributed by atoms with van der Waals surface area (Å²) in [5.41, 5.74) is 7.28. The zero-order valence-electron chi connectivity index (χ0n) is 18.8. The molecule has 0 spiro atoms. The molecule has 4 aromatic rings. The lowest BCUT2D eigenvalue weighted by molar-refractivity contribution is -0.137. The number of nitrogens with two attached hydrogens (primary N) is 1. The van der Waals surface area contributed by atoms with Crippen molar-refractivity contribution in [1.29, 1.82) is 0 Å². The second-order valence-corrected chi connectivity index (χ2v) is 9.10. The molecule has 6 rings (SSSR count). The van der Waals surface area contributed by atoms with E-state index in [0.29, 0.717) is 40.1 Å².